The van der Waals surface area contributed by atoms with E-state index in [4.69, 9.17) is 9.84 Å². The fraction of sp³-hybridized carbons (Fsp3) is 0.423. The van der Waals surface area contributed by atoms with Crippen LogP contribution in [0, 0.1) is 5.41 Å². The third-order valence-corrected chi connectivity index (χ3v) is 6.02. The lowest BCUT2D eigenvalue weighted by Crippen LogP contribution is -2.47. The Hall–Kier alpha value is -3.39. The molecule has 8 nitrogen and oxygen atoms in total. The van der Waals surface area contributed by atoms with Crippen molar-refractivity contribution in [2.75, 3.05) is 13.2 Å². The number of aliphatic hydroxyl groups excluding tert-OH is 1. The molecule has 0 radical (unpaired) electrons. The predicted molar refractivity (Wildman–Crippen MR) is 127 cm³/mol. The van der Waals surface area contributed by atoms with Gasteiger partial charge in [-0.2, -0.15) is 0 Å². The summed E-state index contributed by atoms with van der Waals surface area (Å²) in [6, 6.07) is 15.6. The Labute approximate surface area is 199 Å². The highest BCUT2D eigenvalue weighted by atomic mass is 16.5. The van der Waals surface area contributed by atoms with E-state index in [1.54, 1.807) is 0 Å². The van der Waals surface area contributed by atoms with Gasteiger partial charge in [-0.25, -0.2) is 4.79 Å². The van der Waals surface area contributed by atoms with E-state index >= 15 is 0 Å². The minimum atomic E-state index is -1.18. The van der Waals surface area contributed by atoms with Crippen LogP contribution in [0.2, 0.25) is 0 Å². The quantitative estimate of drug-likeness (QED) is 0.448. The maximum Gasteiger partial charge on any atom is 0.407 e. The Morgan fingerprint density at radius 3 is 2.06 bits per heavy atom. The molecule has 2 aromatic carbocycles. The first-order valence-electron chi connectivity index (χ1n) is 11.3. The van der Waals surface area contributed by atoms with Crippen LogP contribution >= 0.6 is 0 Å². The number of alkyl carbamates (subject to hydrolysis) is 1. The van der Waals surface area contributed by atoms with Crippen molar-refractivity contribution in [3.8, 4) is 11.1 Å². The number of carboxylic acids is 1. The number of amides is 2. The number of hydrogen-bond acceptors (Lipinski definition) is 5. The molecule has 0 bridgehead atoms. The third kappa shape index (κ3) is 6.35. The van der Waals surface area contributed by atoms with Crippen LogP contribution in [0.4, 0.5) is 4.79 Å². The number of benzene rings is 2. The molecule has 0 saturated carbocycles. The van der Waals surface area contributed by atoms with Gasteiger partial charge in [-0.05, 0) is 27.7 Å². The zero-order chi connectivity index (χ0) is 24.9. The highest BCUT2D eigenvalue weighted by Crippen LogP contribution is 2.44. The van der Waals surface area contributed by atoms with E-state index < -0.39 is 42.0 Å². The Morgan fingerprint density at radius 2 is 1.53 bits per heavy atom. The number of fused-ring (bicyclic) bond motifs is 3. The lowest BCUT2D eigenvalue weighted by molar-refractivity contribution is -0.139. The van der Waals surface area contributed by atoms with Crippen molar-refractivity contribution in [2.24, 2.45) is 5.41 Å². The van der Waals surface area contributed by atoms with Crippen molar-refractivity contribution in [3.63, 3.8) is 0 Å². The van der Waals surface area contributed by atoms with Gasteiger partial charge >= 0.3 is 12.1 Å². The maximum absolute atomic E-state index is 12.7. The first-order chi connectivity index (χ1) is 16.1. The first-order valence-corrected chi connectivity index (χ1v) is 11.3. The monoisotopic (exact) mass is 468 g/mol. The molecule has 2 unspecified atom stereocenters. The van der Waals surface area contributed by atoms with Crippen LogP contribution in [0.1, 0.15) is 50.7 Å². The SMILES string of the molecule is CC(C)(C)C(CC(=O)NCC(O)CC(=O)O)NC(=O)OCC1c2ccccc2-c2ccccc21. The van der Waals surface area contributed by atoms with Crippen molar-refractivity contribution in [3.05, 3.63) is 59.7 Å². The fourth-order valence-electron chi connectivity index (χ4n) is 4.12. The molecule has 0 fully saturated rings. The molecule has 0 saturated heterocycles. The summed E-state index contributed by atoms with van der Waals surface area (Å²) in [7, 11) is 0. The van der Waals surface area contributed by atoms with Crippen LogP contribution in [0.25, 0.3) is 11.1 Å². The van der Waals surface area contributed by atoms with Crippen molar-refractivity contribution in [2.45, 2.75) is 51.7 Å². The average Bonchev–Trinajstić information content (AvgIpc) is 3.08. The van der Waals surface area contributed by atoms with E-state index in [1.807, 2.05) is 57.2 Å². The van der Waals surface area contributed by atoms with Gasteiger partial charge in [0.15, 0.2) is 0 Å². The molecule has 0 aromatic heterocycles. The van der Waals surface area contributed by atoms with Crippen LogP contribution in [-0.4, -0.2) is 53.5 Å². The summed E-state index contributed by atoms with van der Waals surface area (Å²) in [5, 5.41) is 23.7. The largest absolute Gasteiger partial charge is 0.481 e. The van der Waals surface area contributed by atoms with Crippen LogP contribution in [0.5, 0.6) is 0 Å². The molecule has 3 rings (SSSR count). The van der Waals surface area contributed by atoms with E-state index in [-0.39, 0.29) is 25.5 Å². The molecule has 34 heavy (non-hydrogen) atoms. The zero-order valence-corrected chi connectivity index (χ0v) is 19.7. The molecule has 2 aromatic rings. The molecular formula is C26H32N2O6. The topological polar surface area (TPSA) is 125 Å². The van der Waals surface area contributed by atoms with E-state index in [0.717, 1.165) is 22.3 Å². The van der Waals surface area contributed by atoms with Crippen molar-refractivity contribution in [1.29, 1.82) is 0 Å². The lowest BCUT2D eigenvalue weighted by Gasteiger charge is -2.31. The summed E-state index contributed by atoms with van der Waals surface area (Å²) in [6.45, 7) is 5.69. The van der Waals surface area contributed by atoms with E-state index in [0.29, 0.717) is 0 Å². The average molecular weight is 469 g/mol. The number of carbonyl (C=O) groups is 3. The Bertz CT molecular complexity index is 1000. The highest BCUT2D eigenvalue weighted by molar-refractivity contribution is 5.79. The maximum atomic E-state index is 12.7. The van der Waals surface area contributed by atoms with Crippen molar-refractivity contribution >= 4 is 18.0 Å². The highest BCUT2D eigenvalue weighted by Gasteiger charge is 2.32. The number of nitrogens with one attached hydrogen (secondary N) is 2. The third-order valence-electron chi connectivity index (χ3n) is 6.02. The van der Waals surface area contributed by atoms with Gasteiger partial charge in [0.05, 0.1) is 12.5 Å². The molecule has 8 heteroatoms. The Morgan fingerprint density at radius 1 is 0.971 bits per heavy atom. The fourth-order valence-corrected chi connectivity index (χ4v) is 4.12. The molecule has 0 aliphatic heterocycles. The number of carbonyl (C=O) groups excluding carboxylic acids is 2. The standard InChI is InChI=1S/C26H32N2O6/c1-26(2,3)22(13-23(30)27-14-16(29)12-24(31)32)28-25(33)34-15-21-19-10-6-4-8-17(19)18-9-5-7-11-20(18)21/h4-11,16,21-22,29H,12-15H2,1-3H3,(H,27,30)(H,28,33)(H,31,32). The summed E-state index contributed by atoms with van der Waals surface area (Å²) < 4.78 is 5.60. The van der Waals surface area contributed by atoms with Crippen LogP contribution in [0.15, 0.2) is 48.5 Å². The van der Waals surface area contributed by atoms with E-state index in [2.05, 4.69) is 22.8 Å². The zero-order valence-electron chi connectivity index (χ0n) is 19.7. The summed E-state index contributed by atoms with van der Waals surface area (Å²) >= 11 is 0. The second-order valence-electron chi connectivity index (χ2n) is 9.65. The van der Waals surface area contributed by atoms with Crippen molar-refractivity contribution in [1.82, 2.24) is 10.6 Å². The van der Waals surface area contributed by atoms with E-state index in [1.165, 1.54) is 0 Å². The molecule has 2 amide bonds. The Balaban J connectivity index is 1.58. The minimum Gasteiger partial charge on any atom is -0.481 e. The number of aliphatic carboxylic acids is 1. The first kappa shape index (κ1) is 25.2. The number of carboxylic acid groups (broad SMARTS) is 1. The molecule has 1 aliphatic carbocycles. The van der Waals surface area contributed by atoms with Crippen LogP contribution in [0.3, 0.4) is 0 Å². The van der Waals surface area contributed by atoms with Gasteiger partial charge in [0.1, 0.15) is 6.61 Å². The molecular weight excluding hydrogens is 436 g/mol. The second kappa shape index (κ2) is 10.7. The number of ether oxygens (including phenoxy) is 1. The molecule has 0 spiro atoms. The van der Waals surface area contributed by atoms with E-state index in [9.17, 15) is 19.5 Å². The van der Waals surface area contributed by atoms with Gasteiger partial charge < -0.3 is 25.6 Å². The number of rotatable bonds is 9. The molecule has 0 heterocycles. The smallest absolute Gasteiger partial charge is 0.407 e. The molecule has 1 aliphatic rings. The van der Waals surface area contributed by atoms with Crippen LogP contribution < -0.4 is 10.6 Å². The Kier molecular flexibility index (Phi) is 7.94. The molecule has 182 valence electrons. The number of aliphatic hydroxyl groups is 1. The summed E-state index contributed by atoms with van der Waals surface area (Å²) in [5.41, 5.74) is 4.07. The normalized spacial score (nSPS) is 14.5. The minimum absolute atomic E-state index is 0.0342. The molecule has 2 atom stereocenters. The van der Waals surface area contributed by atoms with Gasteiger partial charge in [0, 0.05) is 24.9 Å². The van der Waals surface area contributed by atoms with Gasteiger partial charge in [0.2, 0.25) is 5.91 Å². The summed E-state index contributed by atoms with van der Waals surface area (Å²) in [6.07, 6.45) is -2.28. The summed E-state index contributed by atoms with van der Waals surface area (Å²) in [5.74, 6) is -1.61. The molecule has 4 N–H and O–H groups in total. The number of hydrogen-bond donors (Lipinski definition) is 4. The van der Waals surface area contributed by atoms with Gasteiger partial charge in [-0.1, -0.05) is 69.3 Å². The lowest BCUT2D eigenvalue weighted by atomic mass is 9.84. The van der Waals surface area contributed by atoms with Gasteiger partial charge in [-0.3, -0.25) is 9.59 Å². The summed E-state index contributed by atoms with van der Waals surface area (Å²) in [4.78, 5) is 35.7. The second-order valence-corrected chi connectivity index (χ2v) is 9.65. The van der Waals surface area contributed by atoms with Gasteiger partial charge in [-0.15, -0.1) is 0 Å². The van der Waals surface area contributed by atoms with Gasteiger partial charge in [0.25, 0.3) is 0 Å². The predicted octanol–water partition coefficient (Wildman–Crippen LogP) is 3.28. The van der Waals surface area contributed by atoms with Crippen molar-refractivity contribution < 1.29 is 29.3 Å². The van der Waals surface area contributed by atoms with Crippen LogP contribution in [-0.2, 0) is 14.3 Å².